The number of hydrogen-bond donors (Lipinski definition) is 1. The van der Waals surface area contributed by atoms with Gasteiger partial charge in [-0.3, -0.25) is 9.36 Å². The van der Waals surface area contributed by atoms with Crippen LogP contribution < -0.4 is 10.2 Å². The summed E-state index contributed by atoms with van der Waals surface area (Å²) in [7, 11) is 1.92. The number of carbonyl (C=O) groups excluding carboxylic acids is 1. The Morgan fingerprint density at radius 2 is 2.00 bits per heavy atom. The van der Waals surface area contributed by atoms with Gasteiger partial charge in [0.05, 0.1) is 13.2 Å². The lowest BCUT2D eigenvalue weighted by Crippen LogP contribution is -2.37. The molecular formula is C16H20FN5O2S. The maximum absolute atomic E-state index is 12.8. The molecule has 2 aromatic rings. The van der Waals surface area contributed by atoms with E-state index in [1.807, 2.05) is 11.6 Å². The van der Waals surface area contributed by atoms with Gasteiger partial charge in [-0.05, 0) is 24.3 Å². The van der Waals surface area contributed by atoms with Crippen LogP contribution in [0.15, 0.2) is 29.4 Å². The molecule has 1 aliphatic heterocycles. The first kappa shape index (κ1) is 17.7. The molecule has 1 fully saturated rings. The van der Waals surface area contributed by atoms with Crippen molar-refractivity contribution in [1.29, 1.82) is 0 Å². The van der Waals surface area contributed by atoms with Crippen LogP contribution in [-0.2, 0) is 16.6 Å². The van der Waals surface area contributed by atoms with Gasteiger partial charge in [-0.2, -0.15) is 0 Å². The molecule has 9 heteroatoms. The Morgan fingerprint density at radius 1 is 1.28 bits per heavy atom. The largest absolute Gasteiger partial charge is 0.378 e. The number of benzene rings is 1. The van der Waals surface area contributed by atoms with Crippen molar-refractivity contribution in [3.05, 3.63) is 30.1 Å². The first-order chi connectivity index (χ1) is 12.1. The van der Waals surface area contributed by atoms with Gasteiger partial charge in [-0.1, -0.05) is 11.8 Å². The Balaban J connectivity index is 1.47. The Hall–Kier alpha value is -2.13. The Morgan fingerprint density at radius 3 is 2.72 bits per heavy atom. The van der Waals surface area contributed by atoms with Gasteiger partial charge in [-0.15, -0.1) is 10.2 Å². The number of morpholine rings is 1. The predicted octanol–water partition coefficient (Wildman–Crippen LogP) is 1.91. The Labute approximate surface area is 149 Å². The molecule has 3 rings (SSSR count). The zero-order valence-electron chi connectivity index (χ0n) is 13.9. The molecule has 1 aromatic carbocycles. The molecule has 1 N–H and O–H groups in total. The van der Waals surface area contributed by atoms with E-state index in [2.05, 4.69) is 20.4 Å². The fourth-order valence-corrected chi connectivity index (χ4v) is 3.31. The van der Waals surface area contributed by atoms with Crippen LogP contribution in [0, 0.1) is 5.82 Å². The number of nitrogens with one attached hydrogen (secondary N) is 1. The van der Waals surface area contributed by atoms with Crippen molar-refractivity contribution in [2.45, 2.75) is 11.6 Å². The monoisotopic (exact) mass is 365 g/mol. The maximum atomic E-state index is 12.8. The third kappa shape index (κ3) is 4.70. The zero-order valence-corrected chi connectivity index (χ0v) is 14.8. The second-order valence-electron chi connectivity index (χ2n) is 5.59. The van der Waals surface area contributed by atoms with Gasteiger partial charge in [0.1, 0.15) is 5.82 Å². The number of anilines is 2. The van der Waals surface area contributed by atoms with Crippen LogP contribution in [0.5, 0.6) is 0 Å². The summed E-state index contributed by atoms with van der Waals surface area (Å²) >= 11 is 1.48. The quantitative estimate of drug-likeness (QED) is 0.789. The van der Waals surface area contributed by atoms with Crippen molar-refractivity contribution in [1.82, 2.24) is 14.8 Å². The average molecular weight is 365 g/mol. The normalized spacial score (nSPS) is 14.6. The maximum Gasteiger partial charge on any atom is 0.227 e. The second kappa shape index (κ2) is 8.30. The van der Waals surface area contributed by atoms with Crippen molar-refractivity contribution in [3.63, 3.8) is 0 Å². The number of nitrogens with zero attached hydrogens (tertiary/aromatic N) is 4. The zero-order chi connectivity index (χ0) is 17.6. The van der Waals surface area contributed by atoms with Crippen molar-refractivity contribution in [3.8, 4) is 0 Å². The molecule has 1 amide bonds. The fraction of sp³-hybridized carbons (Fsp3) is 0.438. The van der Waals surface area contributed by atoms with Gasteiger partial charge >= 0.3 is 0 Å². The summed E-state index contributed by atoms with van der Waals surface area (Å²) < 4.78 is 20.1. The summed E-state index contributed by atoms with van der Waals surface area (Å²) in [6.07, 6.45) is 0.335. The number of amides is 1. The van der Waals surface area contributed by atoms with Crippen molar-refractivity contribution >= 4 is 29.3 Å². The van der Waals surface area contributed by atoms with Gasteiger partial charge in [-0.25, -0.2) is 4.39 Å². The third-order valence-corrected chi connectivity index (χ3v) is 4.82. The van der Waals surface area contributed by atoms with E-state index in [4.69, 9.17) is 4.74 Å². The lowest BCUT2D eigenvalue weighted by atomic mass is 10.3. The number of hydrogen-bond acceptors (Lipinski definition) is 6. The molecule has 0 bridgehead atoms. The first-order valence-corrected chi connectivity index (χ1v) is 9.02. The van der Waals surface area contributed by atoms with E-state index in [0.717, 1.165) is 24.2 Å². The summed E-state index contributed by atoms with van der Waals surface area (Å²) in [5, 5.41) is 12.0. The standard InChI is InChI=1S/C16H20FN5O2S/c1-21-15(22-7-9-24-10-8-22)19-20-16(21)25-11-6-14(23)18-13-4-2-12(17)3-5-13/h2-5H,6-11H2,1H3,(H,18,23). The SMILES string of the molecule is Cn1c(SCCC(=O)Nc2ccc(F)cc2)nnc1N1CCOCC1. The number of carbonyl (C=O) groups is 1. The smallest absolute Gasteiger partial charge is 0.227 e. The summed E-state index contributed by atoms with van der Waals surface area (Å²) in [5.41, 5.74) is 0.588. The molecule has 134 valence electrons. The van der Waals surface area contributed by atoms with Crippen molar-refractivity contribution < 1.29 is 13.9 Å². The molecular weight excluding hydrogens is 345 g/mol. The van der Waals surface area contributed by atoms with Crippen LogP contribution in [0.2, 0.25) is 0 Å². The average Bonchev–Trinajstić information content (AvgIpc) is 2.99. The van der Waals surface area contributed by atoms with Crippen molar-refractivity contribution in [2.75, 3.05) is 42.3 Å². The van der Waals surface area contributed by atoms with Gasteiger partial charge in [0, 0.05) is 38.0 Å². The number of halogens is 1. The highest BCUT2D eigenvalue weighted by Gasteiger charge is 2.18. The summed E-state index contributed by atoms with van der Waals surface area (Å²) in [6.45, 7) is 2.99. The number of ether oxygens (including phenoxy) is 1. The molecule has 0 radical (unpaired) electrons. The van der Waals surface area contributed by atoms with E-state index in [0.29, 0.717) is 31.1 Å². The van der Waals surface area contributed by atoms with Crippen LogP contribution in [0.25, 0.3) is 0 Å². The molecule has 0 atom stereocenters. The topological polar surface area (TPSA) is 72.3 Å². The van der Waals surface area contributed by atoms with E-state index in [1.54, 1.807) is 0 Å². The lowest BCUT2D eigenvalue weighted by molar-refractivity contribution is -0.115. The predicted molar refractivity (Wildman–Crippen MR) is 94.4 cm³/mol. The van der Waals surface area contributed by atoms with Gasteiger partial charge in [0.2, 0.25) is 11.9 Å². The lowest BCUT2D eigenvalue weighted by Gasteiger charge is -2.27. The molecule has 0 unspecified atom stereocenters. The van der Waals surface area contributed by atoms with Crippen LogP contribution in [0.1, 0.15) is 6.42 Å². The molecule has 0 spiro atoms. The van der Waals surface area contributed by atoms with Gasteiger partial charge in [0.25, 0.3) is 0 Å². The molecule has 2 heterocycles. The number of rotatable bonds is 6. The van der Waals surface area contributed by atoms with Gasteiger partial charge < -0.3 is 15.0 Å². The Kier molecular flexibility index (Phi) is 5.87. The van der Waals surface area contributed by atoms with E-state index in [1.165, 1.54) is 36.0 Å². The van der Waals surface area contributed by atoms with Crippen molar-refractivity contribution in [2.24, 2.45) is 7.05 Å². The highest BCUT2D eigenvalue weighted by molar-refractivity contribution is 7.99. The molecule has 7 nitrogen and oxygen atoms in total. The van der Waals surface area contributed by atoms with E-state index < -0.39 is 0 Å². The number of aromatic nitrogens is 3. The third-order valence-electron chi connectivity index (χ3n) is 3.79. The highest BCUT2D eigenvalue weighted by atomic mass is 32.2. The molecule has 0 saturated carbocycles. The summed E-state index contributed by atoms with van der Waals surface area (Å²) in [5.74, 6) is 0.963. The molecule has 1 saturated heterocycles. The number of thioether (sulfide) groups is 1. The second-order valence-corrected chi connectivity index (χ2v) is 6.66. The summed E-state index contributed by atoms with van der Waals surface area (Å²) in [6, 6.07) is 5.71. The highest BCUT2D eigenvalue weighted by Crippen LogP contribution is 2.21. The van der Waals surface area contributed by atoms with Crippen LogP contribution >= 0.6 is 11.8 Å². The Bertz CT molecular complexity index is 716. The van der Waals surface area contributed by atoms with E-state index >= 15 is 0 Å². The molecule has 0 aliphatic carbocycles. The van der Waals surface area contributed by atoms with E-state index in [-0.39, 0.29) is 11.7 Å². The van der Waals surface area contributed by atoms with Crippen LogP contribution in [0.3, 0.4) is 0 Å². The van der Waals surface area contributed by atoms with Crippen LogP contribution in [0.4, 0.5) is 16.0 Å². The minimum atomic E-state index is -0.327. The molecule has 25 heavy (non-hydrogen) atoms. The fourth-order valence-electron chi connectivity index (χ4n) is 2.46. The first-order valence-electron chi connectivity index (χ1n) is 8.04. The summed E-state index contributed by atoms with van der Waals surface area (Å²) in [4.78, 5) is 14.1. The molecule has 1 aromatic heterocycles. The van der Waals surface area contributed by atoms with E-state index in [9.17, 15) is 9.18 Å². The molecule has 1 aliphatic rings. The van der Waals surface area contributed by atoms with Crippen LogP contribution in [-0.4, -0.2) is 52.7 Å². The minimum absolute atomic E-state index is 0.116. The minimum Gasteiger partial charge on any atom is -0.378 e. The van der Waals surface area contributed by atoms with Gasteiger partial charge in [0.15, 0.2) is 5.16 Å².